The van der Waals surface area contributed by atoms with Gasteiger partial charge < -0.3 is 15.2 Å². The van der Waals surface area contributed by atoms with Gasteiger partial charge in [-0.1, -0.05) is 58.3 Å². The van der Waals surface area contributed by atoms with E-state index in [0.29, 0.717) is 0 Å². The fourth-order valence-corrected chi connectivity index (χ4v) is 2.31. The van der Waals surface area contributed by atoms with Crippen molar-refractivity contribution in [1.29, 1.82) is 0 Å². The molecule has 0 aliphatic heterocycles. The maximum atomic E-state index is 11.6. The third kappa shape index (κ3) is 16.8. The first-order chi connectivity index (χ1) is 11.5. The Kier molecular flexibility index (Phi) is 19.7. The molecule has 0 rings (SSSR count). The Morgan fingerprint density at radius 2 is 1.36 bits per heavy atom. The monoisotopic (exact) mass is 367 g/mol. The second kappa shape index (κ2) is 18.4. The summed E-state index contributed by atoms with van der Waals surface area (Å²) in [4.78, 5) is 34.1. The zero-order chi connectivity index (χ0) is 18.2. The molecule has 6 nitrogen and oxygen atoms in total. The average molecular weight is 367 g/mol. The van der Waals surface area contributed by atoms with Crippen LogP contribution in [0.3, 0.4) is 0 Å². The summed E-state index contributed by atoms with van der Waals surface area (Å²) in [5.74, 6) is -1.77. The van der Waals surface area contributed by atoms with Crippen molar-refractivity contribution in [2.24, 2.45) is 5.73 Å². The molecule has 0 saturated carbocycles. The van der Waals surface area contributed by atoms with Crippen molar-refractivity contribution in [2.45, 2.75) is 90.0 Å². The number of hydrogen-bond acceptors (Lipinski definition) is 6. The molecule has 0 fully saturated rings. The van der Waals surface area contributed by atoms with Crippen LogP contribution in [0.25, 0.3) is 0 Å². The van der Waals surface area contributed by atoms with Crippen molar-refractivity contribution >= 4 is 47.5 Å². The number of hydrogen-bond donors (Lipinski definition) is 1. The zero-order valence-corrected chi connectivity index (χ0v) is 15.2. The molecule has 0 bridgehead atoms. The van der Waals surface area contributed by atoms with E-state index in [1.807, 2.05) is 0 Å². The van der Waals surface area contributed by atoms with E-state index in [2.05, 4.69) is 11.7 Å². The minimum atomic E-state index is -0.976. The summed E-state index contributed by atoms with van der Waals surface area (Å²) >= 11 is 0. The number of nitrogens with two attached hydrogens (primary N) is 1. The van der Waals surface area contributed by atoms with Crippen molar-refractivity contribution in [2.75, 3.05) is 7.11 Å². The van der Waals surface area contributed by atoms with Crippen LogP contribution < -0.4 is 5.73 Å². The summed E-state index contributed by atoms with van der Waals surface area (Å²) < 4.78 is 9.16. The third-order valence-corrected chi connectivity index (χ3v) is 3.89. The van der Waals surface area contributed by atoms with Crippen LogP contribution in [0.15, 0.2) is 0 Å². The molecule has 2 N–H and O–H groups in total. The van der Waals surface area contributed by atoms with Crippen LogP contribution in [0, 0.1) is 0 Å². The van der Waals surface area contributed by atoms with Crippen molar-refractivity contribution in [1.82, 2.24) is 0 Å². The number of carbonyl (C=O) groups is 3. The summed E-state index contributed by atoms with van der Waals surface area (Å²) in [5, 5.41) is 0. The first-order valence-electron chi connectivity index (χ1n) is 9.08. The molecular formula is C18H34NNaO5. The van der Waals surface area contributed by atoms with E-state index in [-0.39, 0.29) is 48.8 Å². The van der Waals surface area contributed by atoms with Crippen molar-refractivity contribution < 1.29 is 23.9 Å². The maximum absolute atomic E-state index is 11.6. The van der Waals surface area contributed by atoms with E-state index < -0.39 is 23.9 Å². The molecule has 0 heterocycles. The predicted octanol–water partition coefficient (Wildman–Crippen LogP) is 2.61. The molecule has 25 heavy (non-hydrogen) atoms. The second-order valence-electron chi connectivity index (χ2n) is 6.09. The Hall–Kier alpha value is -0.430. The normalized spacial score (nSPS) is 11.3. The third-order valence-electron chi connectivity index (χ3n) is 3.89. The van der Waals surface area contributed by atoms with Crippen LogP contribution >= 0.6 is 0 Å². The molecule has 142 valence electrons. The van der Waals surface area contributed by atoms with Gasteiger partial charge in [-0.05, 0) is 12.8 Å². The molecule has 1 atom stereocenters. The summed E-state index contributed by atoms with van der Waals surface area (Å²) in [6.07, 6.45) is 10.7. The summed E-state index contributed by atoms with van der Waals surface area (Å²) in [6.45, 7) is 2.20. The molecule has 0 aromatic carbocycles. The van der Waals surface area contributed by atoms with Crippen LogP contribution in [0.2, 0.25) is 0 Å². The van der Waals surface area contributed by atoms with Gasteiger partial charge in [-0.25, -0.2) is 4.79 Å². The number of carbonyl (C=O) groups excluding carboxylic acids is 3. The predicted molar refractivity (Wildman–Crippen MR) is 99.3 cm³/mol. The second-order valence-corrected chi connectivity index (χ2v) is 6.09. The molecule has 1 unspecified atom stereocenters. The molecule has 0 aromatic rings. The van der Waals surface area contributed by atoms with Gasteiger partial charge in [0.15, 0.2) is 0 Å². The number of rotatable bonds is 14. The Morgan fingerprint density at radius 3 is 1.88 bits per heavy atom. The number of esters is 3. The van der Waals surface area contributed by atoms with Crippen LogP contribution in [0.1, 0.15) is 84.0 Å². The van der Waals surface area contributed by atoms with Crippen molar-refractivity contribution in [3.63, 3.8) is 0 Å². The topological polar surface area (TPSA) is 95.7 Å². The van der Waals surface area contributed by atoms with E-state index in [1.54, 1.807) is 0 Å². The number of methoxy groups -OCH3 is 1. The quantitative estimate of drug-likeness (QED) is 0.219. The Morgan fingerprint density at radius 1 is 0.840 bits per heavy atom. The number of ether oxygens (including phenoxy) is 2. The summed E-state index contributed by atoms with van der Waals surface area (Å²) in [5.41, 5.74) is 5.58. The molecule has 0 amide bonds. The average Bonchev–Trinajstić information content (AvgIpc) is 2.57. The fraction of sp³-hybridized carbons (Fsp3) is 0.833. The molecule has 0 spiro atoms. The van der Waals surface area contributed by atoms with Crippen molar-refractivity contribution in [3.05, 3.63) is 0 Å². The van der Waals surface area contributed by atoms with Crippen LogP contribution in [0.4, 0.5) is 0 Å². The van der Waals surface area contributed by atoms with Gasteiger partial charge in [0.05, 0.1) is 7.11 Å². The van der Waals surface area contributed by atoms with Crippen LogP contribution in [-0.4, -0.2) is 60.6 Å². The first-order valence-corrected chi connectivity index (χ1v) is 9.08. The summed E-state index contributed by atoms with van der Waals surface area (Å²) in [6, 6.07) is -0.976. The minimum absolute atomic E-state index is 0. The van der Waals surface area contributed by atoms with Gasteiger partial charge in [-0.3, -0.25) is 9.59 Å². The Bertz CT molecular complexity index is 376. The molecule has 7 heteroatoms. The van der Waals surface area contributed by atoms with Gasteiger partial charge in [-0.2, -0.15) is 0 Å². The molecular weight excluding hydrogens is 333 g/mol. The van der Waals surface area contributed by atoms with Gasteiger partial charge in [0.1, 0.15) is 6.04 Å². The van der Waals surface area contributed by atoms with E-state index in [1.165, 1.54) is 45.6 Å². The Labute approximate surface area is 173 Å². The van der Waals surface area contributed by atoms with E-state index >= 15 is 0 Å². The summed E-state index contributed by atoms with van der Waals surface area (Å²) in [7, 11) is 1.26. The van der Waals surface area contributed by atoms with Gasteiger partial charge in [0, 0.05) is 12.8 Å². The SMILES string of the molecule is CCCCCCCCCCCC(=O)OC(=O)C(N)CCC(=O)OC.[NaH]. The first kappa shape index (κ1) is 26.8. The fourth-order valence-electron chi connectivity index (χ4n) is 2.31. The van der Waals surface area contributed by atoms with Gasteiger partial charge in [-0.15, -0.1) is 0 Å². The standard InChI is InChI=1S/C18H33NO5.Na.H/c1-3-4-5-6-7-8-9-10-11-12-17(21)24-18(22)15(19)13-14-16(20)23-2;;/h15H,3-14,19H2,1-2H3;;. The van der Waals surface area contributed by atoms with E-state index in [4.69, 9.17) is 10.5 Å². The molecule has 0 aromatic heterocycles. The zero-order valence-electron chi connectivity index (χ0n) is 15.2. The van der Waals surface area contributed by atoms with E-state index in [0.717, 1.165) is 19.3 Å². The molecule has 0 aliphatic rings. The molecule has 0 radical (unpaired) electrons. The van der Waals surface area contributed by atoms with Crippen LogP contribution in [-0.2, 0) is 23.9 Å². The Balaban J connectivity index is 0. The molecule has 0 aliphatic carbocycles. The van der Waals surface area contributed by atoms with Crippen molar-refractivity contribution in [3.8, 4) is 0 Å². The number of unbranched alkanes of at least 4 members (excludes halogenated alkanes) is 8. The van der Waals surface area contributed by atoms with Gasteiger partial charge >= 0.3 is 47.5 Å². The molecule has 0 saturated heterocycles. The van der Waals surface area contributed by atoms with Gasteiger partial charge in [0.25, 0.3) is 0 Å². The van der Waals surface area contributed by atoms with Crippen LogP contribution in [0.5, 0.6) is 0 Å². The van der Waals surface area contributed by atoms with E-state index in [9.17, 15) is 14.4 Å². The van der Waals surface area contributed by atoms with Gasteiger partial charge in [0.2, 0.25) is 0 Å².